The van der Waals surface area contributed by atoms with Crippen LogP contribution in [0, 0.1) is 0 Å². The van der Waals surface area contributed by atoms with Gasteiger partial charge in [-0.1, -0.05) is 178 Å². The van der Waals surface area contributed by atoms with Gasteiger partial charge in [0.15, 0.2) is 6.10 Å². The lowest BCUT2D eigenvalue weighted by Gasteiger charge is -2.18. The molecule has 0 saturated heterocycles. The zero-order valence-electron chi connectivity index (χ0n) is 33.8. The van der Waals surface area contributed by atoms with Crippen LogP contribution in [0.25, 0.3) is 0 Å². The summed E-state index contributed by atoms with van der Waals surface area (Å²) in [4.78, 5) is 37.6. The van der Waals surface area contributed by atoms with E-state index in [0.29, 0.717) is 19.3 Å². The first-order valence-corrected chi connectivity index (χ1v) is 21.3. The van der Waals surface area contributed by atoms with Crippen molar-refractivity contribution in [2.24, 2.45) is 0 Å². The van der Waals surface area contributed by atoms with Gasteiger partial charge in [-0.15, -0.1) is 0 Å². The molecule has 52 heavy (non-hydrogen) atoms. The molecule has 0 radical (unpaired) electrons. The number of ether oxygens (including phenoxy) is 3. The molecule has 6 nitrogen and oxygen atoms in total. The molecule has 0 heterocycles. The number of carbonyl (C=O) groups is 3. The average molecular weight is 727 g/mol. The van der Waals surface area contributed by atoms with E-state index < -0.39 is 6.10 Å². The molecule has 0 amide bonds. The van der Waals surface area contributed by atoms with Crippen molar-refractivity contribution in [3.05, 3.63) is 60.8 Å². The van der Waals surface area contributed by atoms with E-state index in [-0.39, 0.29) is 31.1 Å². The third-order valence-corrected chi connectivity index (χ3v) is 8.85. The predicted molar refractivity (Wildman–Crippen MR) is 219 cm³/mol. The third-order valence-electron chi connectivity index (χ3n) is 8.85. The summed E-state index contributed by atoms with van der Waals surface area (Å²) < 4.78 is 16.6. The smallest absolute Gasteiger partial charge is 0.306 e. The SMILES string of the molecule is CC\C=C/C=C\C=C/C=C\CCCCCC(=O)OCC(COC(=O)CCCCCCCCCCCC)OC(=O)CCCCCCC/C=C\CCCC. The van der Waals surface area contributed by atoms with Gasteiger partial charge in [-0.3, -0.25) is 14.4 Å². The highest BCUT2D eigenvalue weighted by Crippen LogP contribution is 2.13. The second-order valence-corrected chi connectivity index (χ2v) is 14.0. The van der Waals surface area contributed by atoms with Crippen molar-refractivity contribution < 1.29 is 28.6 Å². The van der Waals surface area contributed by atoms with Gasteiger partial charge in [-0.05, 0) is 57.8 Å². The van der Waals surface area contributed by atoms with Crippen LogP contribution in [0.3, 0.4) is 0 Å². The second-order valence-electron chi connectivity index (χ2n) is 14.0. The van der Waals surface area contributed by atoms with E-state index in [1.807, 2.05) is 36.5 Å². The lowest BCUT2D eigenvalue weighted by Crippen LogP contribution is -2.30. The maximum Gasteiger partial charge on any atom is 0.306 e. The maximum absolute atomic E-state index is 12.7. The van der Waals surface area contributed by atoms with Crippen LogP contribution < -0.4 is 0 Å². The van der Waals surface area contributed by atoms with Gasteiger partial charge in [0.2, 0.25) is 0 Å². The minimum absolute atomic E-state index is 0.0899. The van der Waals surface area contributed by atoms with Crippen molar-refractivity contribution in [1.29, 1.82) is 0 Å². The number of hydrogen-bond donors (Lipinski definition) is 0. The van der Waals surface area contributed by atoms with Crippen molar-refractivity contribution in [3.63, 3.8) is 0 Å². The van der Waals surface area contributed by atoms with Gasteiger partial charge in [0.25, 0.3) is 0 Å². The molecule has 0 spiro atoms. The summed E-state index contributed by atoms with van der Waals surface area (Å²) in [5, 5.41) is 0. The Morgan fingerprint density at radius 3 is 1.31 bits per heavy atom. The number of rotatable bonds is 37. The van der Waals surface area contributed by atoms with Crippen molar-refractivity contribution in [2.45, 2.75) is 200 Å². The highest BCUT2D eigenvalue weighted by atomic mass is 16.6. The Morgan fingerprint density at radius 1 is 0.404 bits per heavy atom. The molecule has 0 N–H and O–H groups in total. The quantitative estimate of drug-likeness (QED) is 0.0208. The lowest BCUT2D eigenvalue weighted by atomic mass is 10.1. The van der Waals surface area contributed by atoms with Crippen LogP contribution in [0.5, 0.6) is 0 Å². The summed E-state index contributed by atoms with van der Waals surface area (Å²) in [6.45, 7) is 6.38. The molecule has 1 atom stereocenters. The van der Waals surface area contributed by atoms with Crippen LogP contribution in [-0.2, 0) is 28.6 Å². The average Bonchev–Trinajstić information content (AvgIpc) is 3.14. The Hall–Kier alpha value is -2.89. The molecule has 0 saturated carbocycles. The van der Waals surface area contributed by atoms with E-state index in [9.17, 15) is 14.4 Å². The minimum atomic E-state index is -0.789. The summed E-state index contributed by atoms with van der Waals surface area (Å²) in [6, 6.07) is 0. The zero-order valence-corrected chi connectivity index (χ0v) is 33.8. The highest BCUT2D eigenvalue weighted by molar-refractivity contribution is 5.71. The van der Waals surface area contributed by atoms with Gasteiger partial charge >= 0.3 is 17.9 Å². The highest BCUT2D eigenvalue weighted by Gasteiger charge is 2.19. The normalized spacial score (nSPS) is 12.6. The molecule has 0 aliphatic rings. The first-order valence-electron chi connectivity index (χ1n) is 21.3. The van der Waals surface area contributed by atoms with Crippen molar-refractivity contribution in [2.75, 3.05) is 13.2 Å². The summed E-state index contributed by atoms with van der Waals surface area (Å²) in [5.41, 5.74) is 0. The largest absolute Gasteiger partial charge is 0.462 e. The van der Waals surface area contributed by atoms with Gasteiger partial charge in [-0.2, -0.15) is 0 Å². The summed E-state index contributed by atoms with van der Waals surface area (Å²) in [5.74, 6) is -0.949. The van der Waals surface area contributed by atoms with E-state index in [1.54, 1.807) is 0 Å². The molecule has 6 heteroatoms. The van der Waals surface area contributed by atoms with Gasteiger partial charge in [0.1, 0.15) is 13.2 Å². The molecule has 0 aromatic carbocycles. The number of carbonyl (C=O) groups excluding carboxylic acids is 3. The molecule has 0 fully saturated rings. The molecule has 0 bridgehead atoms. The van der Waals surface area contributed by atoms with Crippen LogP contribution in [0.1, 0.15) is 194 Å². The van der Waals surface area contributed by atoms with Gasteiger partial charge in [0, 0.05) is 19.3 Å². The Morgan fingerprint density at radius 2 is 0.788 bits per heavy atom. The van der Waals surface area contributed by atoms with Crippen LogP contribution in [0.2, 0.25) is 0 Å². The van der Waals surface area contributed by atoms with Crippen molar-refractivity contribution >= 4 is 17.9 Å². The monoisotopic (exact) mass is 727 g/mol. The Labute approximate surface area is 320 Å². The van der Waals surface area contributed by atoms with E-state index in [2.05, 4.69) is 45.1 Å². The summed E-state index contributed by atoms with van der Waals surface area (Å²) in [6.07, 6.45) is 47.7. The topological polar surface area (TPSA) is 78.9 Å². The molecule has 0 aliphatic heterocycles. The summed E-state index contributed by atoms with van der Waals surface area (Å²) in [7, 11) is 0. The molecular weight excluding hydrogens is 648 g/mol. The summed E-state index contributed by atoms with van der Waals surface area (Å²) >= 11 is 0. The number of unbranched alkanes of at least 4 members (excludes halogenated alkanes) is 19. The molecule has 0 rings (SSSR count). The molecule has 298 valence electrons. The van der Waals surface area contributed by atoms with Gasteiger partial charge in [0.05, 0.1) is 0 Å². The Kier molecular flexibility index (Phi) is 38.6. The van der Waals surface area contributed by atoms with E-state index in [1.165, 1.54) is 70.6 Å². The fourth-order valence-electron chi connectivity index (χ4n) is 5.61. The second kappa shape index (κ2) is 40.9. The third kappa shape index (κ3) is 38.3. The van der Waals surface area contributed by atoms with Crippen molar-refractivity contribution in [1.82, 2.24) is 0 Å². The Bertz CT molecular complexity index is 975. The minimum Gasteiger partial charge on any atom is -0.462 e. The van der Waals surface area contributed by atoms with E-state index in [4.69, 9.17) is 14.2 Å². The molecule has 0 aromatic heterocycles. The van der Waals surface area contributed by atoms with Crippen molar-refractivity contribution in [3.8, 4) is 0 Å². The first kappa shape index (κ1) is 49.1. The van der Waals surface area contributed by atoms with Gasteiger partial charge < -0.3 is 14.2 Å². The van der Waals surface area contributed by atoms with Crippen LogP contribution in [-0.4, -0.2) is 37.2 Å². The van der Waals surface area contributed by atoms with E-state index in [0.717, 1.165) is 83.5 Å². The molecule has 1 unspecified atom stereocenters. The van der Waals surface area contributed by atoms with Crippen LogP contribution in [0.4, 0.5) is 0 Å². The fraction of sp³-hybridized carbons (Fsp3) is 0.717. The lowest BCUT2D eigenvalue weighted by molar-refractivity contribution is -0.167. The van der Waals surface area contributed by atoms with Gasteiger partial charge in [-0.25, -0.2) is 0 Å². The number of hydrogen-bond acceptors (Lipinski definition) is 6. The molecule has 0 aromatic rings. The number of esters is 3. The number of allylic oxidation sites excluding steroid dienone is 10. The molecular formula is C46H78O6. The molecule has 0 aliphatic carbocycles. The van der Waals surface area contributed by atoms with Crippen LogP contribution >= 0.6 is 0 Å². The predicted octanol–water partition coefficient (Wildman–Crippen LogP) is 13.4. The maximum atomic E-state index is 12.7. The van der Waals surface area contributed by atoms with E-state index >= 15 is 0 Å². The fourth-order valence-corrected chi connectivity index (χ4v) is 5.61. The van der Waals surface area contributed by atoms with Crippen LogP contribution in [0.15, 0.2) is 60.8 Å². The zero-order chi connectivity index (χ0) is 38.0. The first-order chi connectivity index (χ1) is 25.5. The standard InChI is InChI=1S/C46H78O6/c1-4-7-10-13-16-19-22-23-25-27-30-33-36-39-45(48)51-42-43(41-50-44(47)38-35-32-29-26-21-18-15-12-9-6-3)52-46(49)40-37-34-31-28-24-20-17-14-11-8-5-2/h7,10,13-14,16-17,19,22-23,25,43H,4-6,8-9,11-12,15,18,20-21,24,26-42H2,1-3H3/b10-7-,16-13-,17-14-,22-19-,25-23-. The Balaban J connectivity index is 4.46.